The second-order valence-corrected chi connectivity index (χ2v) is 14.7. The molecule has 7 rings (SSSR count). The number of carbonyl (C=O) groups excluding carboxylic acids is 2. The third-order valence-electron chi connectivity index (χ3n) is 8.83. The number of nitrogens with one attached hydrogen (secondary N) is 1. The first kappa shape index (κ1) is 29.0. The molecule has 4 aromatic rings. The van der Waals surface area contributed by atoms with Gasteiger partial charge in [0, 0.05) is 80.2 Å². The largest absolute Gasteiger partial charge is 0.357 e. The molecule has 2 atom stereocenters. The van der Waals surface area contributed by atoms with Gasteiger partial charge in [-0.3, -0.25) is 24.5 Å². The third-order valence-corrected chi connectivity index (χ3v) is 12.0. The summed E-state index contributed by atoms with van der Waals surface area (Å²) in [4.78, 5) is 38.2. The number of nitrogens with zero attached hydrogens (tertiary/aromatic N) is 5. The van der Waals surface area contributed by atoms with Crippen molar-refractivity contribution in [3.63, 3.8) is 0 Å². The van der Waals surface area contributed by atoms with Crippen LogP contribution in [0.1, 0.15) is 27.0 Å². The lowest BCUT2D eigenvalue weighted by Gasteiger charge is -2.28. The lowest BCUT2D eigenvalue weighted by molar-refractivity contribution is -0.132. The quantitative estimate of drug-likeness (QED) is 0.218. The molecule has 3 aromatic heterocycles. The molecule has 2 saturated heterocycles. The molecule has 1 amide bonds. The van der Waals surface area contributed by atoms with E-state index in [1.54, 1.807) is 71.5 Å². The Labute approximate surface area is 264 Å². The van der Waals surface area contributed by atoms with E-state index in [0.29, 0.717) is 47.1 Å². The summed E-state index contributed by atoms with van der Waals surface area (Å²) in [5, 5.41) is 14.4. The average molecular weight is 637 g/mol. The highest BCUT2D eigenvalue weighted by atomic mass is 32.2. The van der Waals surface area contributed by atoms with Crippen molar-refractivity contribution in [2.75, 3.05) is 13.1 Å². The van der Waals surface area contributed by atoms with E-state index in [9.17, 15) is 23.3 Å². The Hall–Kier alpha value is -4.70. The molecule has 2 aliphatic heterocycles. The van der Waals surface area contributed by atoms with Gasteiger partial charge in [0.05, 0.1) is 11.6 Å². The number of amides is 1. The van der Waals surface area contributed by atoms with Crippen molar-refractivity contribution in [1.82, 2.24) is 24.5 Å². The average Bonchev–Trinajstić information content (AvgIpc) is 3.49. The Kier molecular flexibility index (Phi) is 7.32. The number of aromatic nitrogens is 2. The molecular weight excluding hydrogens is 609 g/mol. The summed E-state index contributed by atoms with van der Waals surface area (Å²) in [5.74, 6) is -0.198. The Morgan fingerprint density at radius 1 is 0.978 bits per heavy atom. The van der Waals surface area contributed by atoms with Crippen LogP contribution in [0.2, 0.25) is 0 Å². The summed E-state index contributed by atoms with van der Waals surface area (Å²) in [6.07, 6.45) is 8.89. The van der Waals surface area contributed by atoms with E-state index in [4.69, 9.17) is 0 Å². The van der Waals surface area contributed by atoms with Crippen LogP contribution in [-0.4, -0.2) is 64.0 Å². The van der Waals surface area contributed by atoms with Gasteiger partial charge in [0.25, 0.3) is 15.9 Å². The van der Waals surface area contributed by atoms with Crippen molar-refractivity contribution in [3.8, 4) is 6.07 Å². The molecule has 0 spiro atoms. The molecule has 1 aliphatic carbocycles. The lowest BCUT2D eigenvalue weighted by Crippen LogP contribution is -2.51. The van der Waals surface area contributed by atoms with Crippen LogP contribution in [0.25, 0.3) is 0 Å². The maximum absolute atomic E-state index is 14.7. The molecule has 226 valence electrons. The normalized spacial score (nSPS) is 23.0. The van der Waals surface area contributed by atoms with Crippen LogP contribution in [0, 0.1) is 23.2 Å². The summed E-state index contributed by atoms with van der Waals surface area (Å²) in [6, 6.07) is 19.0. The van der Waals surface area contributed by atoms with E-state index < -0.39 is 15.6 Å². The third kappa shape index (κ3) is 5.33. The van der Waals surface area contributed by atoms with E-state index in [-0.39, 0.29) is 29.6 Å². The van der Waals surface area contributed by atoms with Crippen LogP contribution >= 0.6 is 11.3 Å². The Balaban J connectivity index is 1.24. The molecule has 3 fully saturated rings. The number of nitriles is 1. The summed E-state index contributed by atoms with van der Waals surface area (Å²) in [5.41, 5.74) is 1.53. The first-order valence-corrected chi connectivity index (χ1v) is 16.8. The second kappa shape index (κ2) is 11.3. The number of hydrogen-bond donors (Lipinski definition) is 1. The van der Waals surface area contributed by atoms with Gasteiger partial charge in [0.2, 0.25) is 0 Å². The first-order valence-electron chi connectivity index (χ1n) is 14.5. The number of fused-ring (bicyclic) bond motifs is 1. The Morgan fingerprint density at radius 2 is 1.58 bits per heavy atom. The molecule has 45 heavy (non-hydrogen) atoms. The van der Waals surface area contributed by atoms with Crippen molar-refractivity contribution in [3.05, 3.63) is 125 Å². The highest BCUT2D eigenvalue weighted by molar-refractivity contribution is 7.91. The van der Waals surface area contributed by atoms with Crippen LogP contribution in [0.4, 0.5) is 0 Å². The summed E-state index contributed by atoms with van der Waals surface area (Å²) >= 11 is 1.19. The topological polar surface area (TPSA) is 136 Å². The number of allylic oxidation sites excluding steroid dienone is 1. The van der Waals surface area contributed by atoms with Gasteiger partial charge < -0.3 is 5.32 Å². The minimum Gasteiger partial charge on any atom is -0.357 e. The van der Waals surface area contributed by atoms with Crippen LogP contribution in [0.15, 0.2) is 107 Å². The van der Waals surface area contributed by atoms with E-state index in [1.165, 1.54) is 21.7 Å². The van der Waals surface area contributed by atoms with Gasteiger partial charge >= 0.3 is 0 Å². The highest BCUT2D eigenvalue weighted by Crippen LogP contribution is 2.53. The van der Waals surface area contributed by atoms with Crippen molar-refractivity contribution < 1.29 is 18.0 Å². The molecule has 12 heteroatoms. The Morgan fingerprint density at radius 3 is 2.11 bits per heavy atom. The molecule has 1 saturated carbocycles. The predicted octanol–water partition coefficient (Wildman–Crippen LogP) is 3.41. The molecule has 0 radical (unpaired) electrons. The maximum atomic E-state index is 14.7. The molecule has 2 unspecified atom stereocenters. The molecular formula is C33H28N6O4S2. The first-order chi connectivity index (χ1) is 21.8. The highest BCUT2D eigenvalue weighted by Gasteiger charge is 2.65. The number of benzene rings is 1. The number of piperidine rings is 1. The van der Waals surface area contributed by atoms with Gasteiger partial charge in [-0.2, -0.15) is 9.57 Å². The van der Waals surface area contributed by atoms with Crippen LogP contribution in [0.5, 0.6) is 0 Å². The molecule has 0 bridgehead atoms. The zero-order valence-electron chi connectivity index (χ0n) is 24.0. The summed E-state index contributed by atoms with van der Waals surface area (Å²) in [7, 11) is -3.61. The minimum atomic E-state index is -3.61. The van der Waals surface area contributed by atoms with Crippen molar-refractivity contribution >= 4 is 33.1 Å². The van der Waals surface area contributed by atoms with E-state index in [2.05, 4.69) is 21.4 Å². The maximum Gasteiger partial charge on any atom is 0.254 e. The summed E-state index contributed by atoms with van der Waals surface area (Å²) in [6.45, 7) is 0.607. The molecule has 10 nitrogen and oxygen atoms in total. The zero-order valence-corrected chi connectivity index (χ0v) is 25.6. The van der Waals surface area contributed by atoms with Crippen molar-refractivity contribution in [2.45, 2.75) is 28.6 Å². The SMILES string of the molecule is N#Cc1ccc(C(=O)/C=C2\NC(Cc3ccncc3)(Cc3ccncc3)C(=O)N2C2C3CN(S(=O)(=O)c4cccs4)CC32)cc1. The number of ketones is 1. The Bertz CT molecular complexity index is 1870. The molecule has 1 aromatic carbocycles. The standard InChI is InChI=1S/C33H28N6O4S2/c34-19-24-3-5-25(6-4-24)28(40)16-29-37-33(17-22-7-11-35-12-8-22,18-23-9-13-36-14-10-23)32(41)39(29)31-26-20-38(21-27(26)31)45(42,43)30-2-1-15-44-30/h1-16,26-27,31,37H,17-18,20-21H2/b29-16+. The van der Waals surface area contributed by atoms with Gasteiger partial charge in [-0.25, -0.2) is 8.42 Å². The number of pyridine rings is 2. The van der Waals surface area contributed by atoms with Crippen LogP contribution in [-0.2, 0) is 27.7 Å². The summed E-state index contributed by atoms with van der Waals surface area (Å²) < 4.78 is 28.3. The molecule has 5 heterocycles. The van der Waals surface area contributed by atoms with Crippen LogP contribution in [0.3, 0.4) is 0 Å². The fraction of sp³-hybridized carbons (Fsp3) is 0.242. The molecule has 1 N–H and O–H groups in total. The van der Waals surface area contributed by atoms with Gasteiger partial charge in [-0.15, -0.1) is 11.3 Å². The van der Waals surface area contributed by atoms with E-state index in [1.807, 2.05) is 24.3 Å². The fourth-order valence-electron chi connectivity index (χ4n) is 6.59. The van der Waals surface area contributed by atoms with E-state index in [0.717, 1.165) is 11.1 Å². The minimum absolute atomic E-state index is 0.0587. The monoisotopic (exact) mass is 636 g/mol. The van der Waals surface area contributed by atoms with E-state index >= 15 is 0 Å². The van der Waals surface area contributed by atoms with Gasteiger partial charge in [0.1, 0.15) is 15.6 Å². The van der Waals surface area contributed by atoms with Gasteiger partial charge in [-0.1, -0.05) is 6.07 Å². The number of thiophene rings is 1. The van der Waals surface area contributed by atoms with Crippen molar-refractivity contribution in [1.29, 1.82) is 5.26 Å². The van der Waals surface area contributed by atoms with Gasteiger partial charge in [0.15, 0.2) is 5.78 Å². The molecule has 3 aliphatic rings. The zero-order chi connectivity index (χ0) is 31.2. The van der Waals surface area contributed by atoms with Crippen molar-refractivity contribution in [2.24, 2.45) is 11.8 Å². The number of hydrogen-bond acceptors (Lipinski definition) is 9. The number of sulfonamides is 1. The predicted molar refractivity (Wildman–Crippen MR) is 166 cm³/mol. The smallest absolute Gasteiger partial charge is 0.254 e. The number of carbonyl (C=O) groups is 2. The number of rotatable bonds is 9. The lowest BCUT2D eigenvalue weighted by atomic mass is 9.85. The van der Waals surface area contributed by atoms with Gasteiger partial charge in [-0.05, 0) is 71.1 Å². The van der Waals surface area contributed by atoms with Crippen LogP contribution < -0.4 is 5.32 Å². The second-order valence-electron chi connectivity index (χ2n) is 11.6. The fourth-order valence-corrected chi connectivity index (χ4v) is 9.25.